The van der Waals surface area contributed by atoms with Gasteiger partial charge in [-0.25, -0.2) is 4.79 Å². The molecule has 118 valence electrons. The average Bonchev–Trinajstić information content (AvgIpc) is 2.59. The van der Waals surface area contributed by atoms with Crippen molar-refractivity contribution in [3.63, 3.8) is 0 Å². The number of amides is 1. The van der Waals surface area contributed by atoms with Crippen LogP contribution in [-0.4, -0.2) is 61.1 Å². The summed E-state index contributed by atoms with van der Waals surface area (Å²) in [6, 6.07) is 6.28. The molecule has 0 spiro atoms. The lowest BCUT2D eigenvalue weighted by molar-refractivity contribution is -0.140. The molecule has 1 aliphatic heterocycles. The van der Waals surface area contributed by atoms with Crippen LogP contribution < -0.4 is 0 Å². The number of carbonyl (C=O) groups is 3. The number of methoxy groups -OCH3 is 2. The SMILES string of the molecule is COC(=O)c1ccc(C(=O)N2CCS[C@@H](C(=O)OC)C2)cc1. The lowest BCUT2D eigenvalue weighted by Crippen LogP contribution is -2.44. The minimum atomic E-state index is -0.445. The molecule has 1 heterocycles. The quantitative estimate of drug-likeness (QED) is 0.779. The maximum absolute atomic E-state index is 12.5. The topological polar surface area (TPSA) is 72.9 Å². The van der Waals surface area contributed by atoms with Gasteiger partial charge in [0.05, 0.1) is 19.8 Å². The lowest BCUT2D eigenvalue weighted by atomic mass is 10.1. The highest BCUT2D eigenvalue weighted by Gasteiger charge is 2.30. The molecule has 1 aliphatic rings. The molecule has 1 aromatic carbocycles. The zero-order chi connectivity index (χ0) is 16.1. The van der Waals surface area contributed by atoms with Gasteiger partial charge < -0.3 is 14.4 Å². The van der Waals surface area contributed by atoms with Gasteiger partial charge in [-0.05, 0) is 24.3 Å². The molecule has 0 N–H and O–H groups in total. The molecule has 1 saturated heterocycles. The number of nitrogens with zero attached hydrogens (tertiary/aromatic N) is 1. The summed E-state index contributed by atoms with van der Waals surface area (Å²) in [5.74, 6) is -0.237. The molecule has 1 fully saturated rings. The van der Waals surface area contributed by atoms with Crippen LogP contribution in [0.3, 0.4) is 0 Å². The van der Waals surface area contributed by atoms with E-state index >= 15 is 0 Å². The zero-order valence-corrected chi connectivity index (χ0v) is 13.2. The van der Waals surface area contributed by atoms with Gasteiger partial charge in [0, 0.05) is 24.4 Å². The van der Waals surface area contributed by atoms with E-state index < -0.39 is 5.97 Å². The van der Waals surface area contributed by atoms with E-state index in [1.807, 2.05) is 0 Å². The van der Waals surface area contributed by atoms with Crippen molar-refractivity contribution in [2.75, 3.05) is 33.1 Å². The Morgan fingerprint density at radius 1 is 1.09 bits per heavy atom. The van der Waals surface area contributed by atoms with E-state index in [-0.39, 0.29) is 17.1 Å². The number of thioether (sulfide) groups is 1. The number of benzene rings is 1. The highest BCUT2D eigenvalue weighted by atomic mass is 32.2. The molecule has 0 radical (unpaired) electrons. The smallest absolute Gasteiger partial charge is 0.337 e. The first-order chi connectivity index (χ1) is 10.6. The normalized spacial score (nSPS) is 17.7. The summed E-state index contributed by atoms with van der Waals surface area (Å²) in [5.41, 5.74) is 0.865. The maximum atomic E-state index is 12.5. The molecule has 1 amide bonds. The molecule has 0 aliphatic carbocycles. The first-order valence-electron chi connectivity index (χ1n) is 6.74. The highest BCUT2D eigenvalue weighted by Crippen LogP contribution is 2.21. The molecular weight excluding hydrogens is 306 g/mol. The Morgan fingerprint density at radius 2 is 1.73 bits per heavy atom. The molecule has 1 atom stereocenters. The lowest BCUT2D eigenvalue weighted by Gasteiger charge is -2.31. The fourth-order valence-electron chi connectivity index (χ4n) is 2.16. The Labute approximate surface area is 132 Å². The van der Waals surface area contributed by atoms with E-state index in [9.17, 15) is 14.4 Å². The minimum Gasteiger partial charge on any atom is -0.468 e. The van der Waals surface area contributed by atoms with Crippen molar-refractivity contribution in [3.8, 4) is 0 Å². The Balaban J connectivity index is 2.07. The van der Waals surface area contributed by atoms with Crippen LogP contribution in [-0.2, 0) is 14.3 Å². The van der Waals surface area contributed by atoms with Crippen molar-refractivity contribution in [2.24, 2.45) is 0 Å². The van der Waals surface area contributed by atoms with Crippen molar-refractivity contribution in [1.82, 2.24) is 4.90 Å². The van der Waals surface area contributed by atoms with Crippen molar-refractivity contribution in [3.05, 3.63) is 35.4 Å². The second kappa shape index (κ2) is 7.31. The standard InChI is InChI=1S/C15H17NO5S/c1-20-14(18)11-5-3-10(4-6-11)13(17)16-7-8-22-12(9-16)15(19)21-2/h3-6,12H,7-9H2,1-2H3/t12-/m1/s1. The van der Waals surface area contributed by atoms with Gasteiger partial charge in [-0.15, -0.1) is 11.8 Å². The van der Waals surface area contributed by atoms with Crippen molar-refractivity contribution < 1.29 is 23.9 Å². The Kier molecular flexibility index (Phi) is 5.43. The van der Waals surface area contributed by atoms with Crippen LogP contribution in [0.2, 0.25) is 0 Å². The van der Waals surface area contributed by atoms with E-state index in [0.29, 0.717) is 30.0 Å². The van der Waals surface area contributed by atoms with Gasteiger partial charge in [-0.1, -0.05) is 0 Å². The van der Waals surface area contributed by atoms with Crippen LogP contribution in [0.5, 0.6) is 0 Å². The molecule has 0 unspecified atom stereocenters. The highest BCUT2D eigenvalue weighted by molar-refractivity contribution is 8.00. The molecular formula is C15H17NO5S. The van der Waals surface area contributed by atoms with E-state index in [4.69, 9.17) is 4.74 Å². The van der Waals surface area contributed by atoms with Crippen molar-refractivity contribution in [2.45, 2.75) is 5.25 Å². The van der Waals surface area contributed by atoms with Crippen LogP contribution in [0.15, 0.2) is 24.3 Å². The summed E-state index contributed by atoms with van der Waals surface area (Å²) in [4.78, 5) is 37.1. The summed E-state index contributed by atoms with van der Waals surface area (Å²) >= 11 is 1.49. The van der Waals surface area contributed by atoms with Crippen LogP contribution in [0.25, 0.3) is 0 Å². The molecule has 1 aromatic rings. The van der Waals surface area contributed by atoms with Gasteiger partial charge in [0.15, 0.2) is 0 Å². The number of ether oxygens (including phenoxy) is 2. The van der Waals surface area contributed by atoms with E-state index in [0.717, 1.165) is 0 Å². The van der Waals surface area contributed by atoms with Crippen LogP contribution in [0.1, 0.15) is 20.7 Å². The Morgan fingerprint density at radius 3 is 2.32 bits per heavy atom. The number of carbonyl (C=O) groups excluding carboxylic acids is 3. The number of esters is 2. The first kappa shape index (κ1) is 16.4. The second-order valence-corrected chi connectivity index (χ2v) is 6.01. The van der Waals surface area contributed by atoms with Gasteiger partial charge in [-0.2, -0.15) is 0 Å². The first-order valence-corrected chi connectivity index (χ1v) is 7.78. The number of rotatable bonds is 3. The Hall–Kier alpha value is -2.02. The van der Waals surface area contributed by atoms with Crippen LogP contribution in [0.4, 0.5) is 0 Å². The van der Waals surface area contributed by atoms with Crippen molar-refractivity contribution in [1.29, 1.82) is 0 Å². The molecule has 22 heavy (non-hydrogen) atoms. The zero-order valence-electron chi connectivity index (χ0n) is 12.4. The molecule has 2 rings (SSSR count). The fourth-order valence-corrected chi connectivity index (χ4v) is 3.29. The van der Waals surface area contributed by atoms with Crippen molar-refractivity contribution >= 4 is 29.6 Å². The predicted octanol–water partition coefficient (Wildman–Crippen LogP) is 1.20. The van der Waals surface area contributed by atoms with Gasteiger partial charge in [0.2, 0.25) is 0 Å². The molecule has 6 nitrogen and oxygen atoms in total. The summed E-state index contributed by atoms with van der Waals surface area (Å²) in [7, 11) is 2.65. The van der Waals surface area contributed by atoms with Gasteiger partial charge in [0.1, 0.15) is 5.25 Å². The van der Waals surface area contributed by atoms with Gasteiger partial charge in [0.25, 0.3) is 5.91 Å². The third-order valence-electron chi connectivity index (χ3n) is 3.37. The van der Waals surface area contributed by atoms with Crippen LogP contribution >= 0.6 is 11.8 Å². The second-order valence-electron chi connectivity index (χ2n) is 4.70. The third-order valence-corrected chi connectivity index (χ3v) is 4.53. The third kappa shape index (κ3) is 3.59. The van der Waals surface area contributed by atoms with Gasteiger partial charge in [-0.3, -0.25) is 9.59 Å². The van der Waals surface area contributed by atoms with Crippen LogP contribution in [0, 0.1) is 0 Å². The predicted molar refractivity (Wildman–Crippen MR) is 81.9 cm³/mol. The largest absolute Gasteiger partial charge is 0.468 e. The summed E-state index contributed by atoms with van der Waals surface area (Å²) in [5, 5.41) is -0.350. The molecule has 0 saturated carbocycles. The molecule has 0 bridgehead atoms. The summed E-state index contributed by atoms with van der Waals surface area (Å²) < 4.78 is 9.35. The monoisotopic (exact) mass is 323 g/mol. The maximum Gasteiger partial charge on any atom is 0.337 e. The van der Waals surface area contributed by atoms with E-state index in [2.05, 4.69) is 4.74 Å². The van der Waals surface area contributed by atoms with Gasteiger partial charge >= 0.3 is 11.9 Å². The summed E-state index contributed by atoms with van der Waals surface area (Å²) in [6.45, 7) is 0.907. The Bertz CT molecular complexity index is 572. The number of hydrogen-bond acceptors (Lipinski definition) is 6. The minimum absolute atomic E-state index is 0.161. The molecule has 0 aromatic heterocycles. The summed E-state index contributed by atoms with van der Waals surface area (Å²) in [6.07, 6.45) is 0. The molecule has 7 heteroatoms. The number of hydrogen-bond donors (Lipinski definition) is 0. The van der Waals surface area contributed by atoms with E-state index in [1.165, 1.54) is 26.0 Å². The van der Waals surface area contributed by atoms with E-state index in [1.54, 1.807) is 29.2 Å². The fraction of sp³-hybridized carbons (Fsp3) is 0.400. The average molecular weight is 323 g/mol.